The van der Waals surface area contributed by atoms with Gasteiger partial charge in [-0.05, 0) is 64.6 Å². The predicted molar refractivity (Wildman–Crippen MR) is 97.9 cm³/mol. The summed E-state index contributed by atoms with van der Waals surface area (Å²) in [6.45, 7) is 9.83. The van der Waals surface area contributed by atoms with Crippen LogP contribution in [0.2, 0.25) is 0 Å². The van der Waals surface area contributed by atoms with E-state index in [1.165, 1.54) is 24.0 Å². The van der Waals surface area contributed by atoms with Gasteiger partial charge in [0.05, 0.1) is 7.11 Å². The molecule has 1 aliphatic carbocycles. The fourth-order valence-electron chi connectivity index (χ4n) is 3.49. The van der Waals surface area contributed by atoms with Gasteiger partial charge in [-0.25, -0.2) is 0 Å². The monoisotopic (exact) mass is 323 g/mol. The van der Waals surface area contributed by atoms with Gasteiger partial charge >= 0.3 is 0 Å². The summed E-state index contributed by atoms with van der Waals surface area (Å²) in [6, 6.07) is 15.6. The Labute approximate surface area is 145 Å². The minimum absolute atomic E-state index is 0.189. The van der Waals surface area contributed by atoms with Gasteiger partial charge in [0.1, 0.15) is 18.1 Å². The molecule has 1 aliphatic rings. The summed E-state index contributed by atoms with van der Waals surface area (Å²) < 4.78 is 11.3. The molecule has 2 aromatic carbocycles. The molecule has 0 bridgehead atoms. The van der Waals surface area contributed by atoms with Crippen LogP contribution in [0.15, 0.2) is 36.4 Å². The summed E-state index contributed by atoms with van der Waals surface area (Å²) in [5, 5.41) is 0. The van der Waals surface area contributed by atoms with Crippen LogP contribution >= 0.6 is 0 Å². The number of hydrogen-bond acceptors (Lipinski definition) is 2. The maximum absolute atomic E-state index is 6.01. The first kappa shape index (κ1) is 16.9. The van der Waals surface area contributed by atoms with E-state index in [-0.39, 0.29) is 10.8 Å². The molecule has 0 saturated carbocycles. The fraction of sp³-hybridized carbons (Fsp3) is 0.455. The highest BCUT2D eigenvalue weighted by atomic mass is 16.5. The van der Waals surface area contributed by atoms with E-state index in [1.54, 1.807) is 7.11 Å². The van der Waals surface area contributed by atoms with E-state index in [0.717, 1.165) is 17.1 Å². The predicted octanol–water partition coefficient (Wildman–Crippen LogP) is 5.42. The average molecular weight is 323 g/mol. The molecule has 0 heterocycles. The van der Waals surface area contributed by atoms with E-state index < -0.39 is 0 Å². The zero-order chi connectivity index (χ0) is 17.4. The van der Waals surface area contributed by atoms with E-state index in [9.17, 15) is 0 Å². The van der Waals surface area contributed by atoms with Gasteiger partial charge < -0.3 is 9.47 Å². The molecule has 1 radical (unpaired) electrons. The molecule has 0 spiro atoms. The molecule has 0 N–H and O–H groups in total. The van der Waals surface area contributed by atoms with Crippen LogP contribution in [0.5, 0.6) is 11.5 Å². The third kappa shape index (κ3) is 3.28. The number of hydrogen-bond donors (Lipinski definition) is 0. The van der Waals surface area contributed by atoms with Gasteiger partial charge in [0.15, 0.2) is 0 Å². The van der Waals surface area contributed by atoms with Crippen molar-refractivity contribution in [2.75, 3.05) is 7.11 Å². The van der Waals surface area contributed by atoms with E-state index in [2.05, 4.69) is 45.9 Å². The van der Waals surface area contributed by atoms with E-state index >= 15 is 0 Å². The van der Waals surface area contributed by atoms with Crippen molar-refractivity contribution in [2.24, 2.45) is 0 Å². The number of rotatable bonds is 4. The number of ether oxygens (including phenoxy) is 2. The van der Waals surface area contributed by atoms with Crippen molar-refractivity contribution in [1.29, 1.82) is 0 Å². The van der Waals surface area contributed by atoms with Crippen LogP contribution in [0.25, 0.3) is 0 Å². The first-order valence-electron chi connectivity index (χ1n) is 8.64. The molecule has 0 amide bonds. The Morgan fingerprint density at radius 2 is 1.71 bits per heavy atom. The largest absolute Gasteiger partial charge is 0.497 e. The second kappa shape index (κ2) is 6.16. The zero-order valence-corrected chi connectivity index (χ0v) is 15.4. The second-order valence-corrected chi connectivity index (χ2v) is 8.03. The highest BCUT2D eigenvalue weighted by molar-refractivity contribution is 5.45. The van der Waals surface area contributed by atoms with Crippen molar-refractivity contribution in [3.05, 3.63) is 59.2 Å². The SMILES string of the molecule is COc1cccc(COc2[c]cc3c(c2)C(C)(C)CCC3(C)C)c1. The minimum atomic E-state index is 0.189. The Kier molecular flexibility index (Phi) is 4.33. The third-order valence-electron chi connectivity index (χ3n) is 5.29. The molecule has 0 fully saturated rings. The van der Waals surface area contributed by atoms with Crippen LogP contribution < -0.4 is 9.47 Å². The average Bonchev–Trinajstić information content (AvgIpc) is 2.57. The van der Waals surface area contributed by atoms with Crippen molar-refractivity contribution in [2.45, 2.75) is 58.0 Å². The summed E-state index contributed by atoms with van der Waals surface area (Å²) in [5.41, 5.74) is 4.31. The van der Waals surface area contributed by atoms with Crippen LogP contribution in [-0.2, 0) is 17.4 Å². The quantitative estimate of drug-likeness (QED) is 0.747. The number of methoxy groups -OCH3 is 1. The lowest BCUT2D eigenvalue weighted by atomic mass is 9.63. The summed E-state index contributed by atoms with van der Waals surface area (Å²) in [6.07, 6.45) is 2.41. The Bertz CT molecular complexity index is 728. The molecule has 127 valence electrons. The van der Waals surface area contributed by atoms with E-state index in [4.69, 9.17) is 9.47 Å². The van der Waals surface area contributed by atoms with Crippen LogP contribution in [-0.4, -0.2) is 7.11 Å². The van der Waals surface area contributed by atoms with Crippen molar-refractivity contribution in [1.82, 2.24) is 0 Å². The lowest BCUT2D eigenvalue weighted by molar-refractivity contribution is 0.297. The third-order valence-corrected chi connectivity index (χ3v) is 5.29. The highest BCUT2D eigenvalue weighted by Gasteiger charge is 2.37. The number of fused-ring (bicyclic) bond motifs is 1. The second-order valence-electron chi connectivity index (χ2n) is 8.03. The topological polar surface area (TPSA) is 18.5 Å². The summed E-state index contributed by atoms with van der Waals surface area (Å²) in [7, 11) is 1.68. The lowest BCUT2D eigenvalue weighted by Gasteiger charge is -2.41. The van der Waals surface area contributed by atoms with Gasteiger partial charge in [-0.2, -0.15) is 0 Å². The Balaban J connectivity index is 1.83. The van der Waals surface area contributed by atoms with Crippen LogP contribution in [0.1, 0.15) is 57.2 Å². The molecule has 0 aromatic heterocycles. The molecule has 2 heteroatoms. The van der Waals surface area contributed by atoms with E-state index in [0.29, 0.717) is 6.61 Å². The molecule has 24 heavy (non-hydrogen) atoms. The zero-order valence-electron chi connectivity index (χ0n) is 15.4. The molecule has 2 aromatic rings. The first-order chi connectivity index (χ1) is 11.3. The van der Waals surface area contributed by atoms with Crippen LogP contribution in [0.3, 0.4) is 0 Å². The standard InChI is InChI=1S/C22H27O2/c1-21(2)11-12-22(3,4)20-14-18(9-10-19(20)21)24-15-16-7-6-8-17(13-16)23-5/h6-8,10,13-14H,11-12,15H2,1-5H3. The van der Waals surface area contributed by atoms with Crippen molar-refractivity contribution < 1.29 is 9.47 Å². The molecular weight excluding hydrogens is 296 g/mol. The molecule has 0 saturated heterocycles. The van der Waals surface area contributed by atoms with Crippen molar-refractivity contribution in [3.63, 3.8) is 0 Å². The van der Waals surface area contributed by atoms with Crippen molar-refractivity contribution in [3.8, 4) is 11.5 Å². The smallest absolute Gasteiger partial charge is 0.128 e. The van der Waals surface area contributed by atoms with Gasteiger partial charge in [0.2, 0.25) is 0 Å². The van der Waals surface area contributed by atoms with Gasteiger partial charge in [-0.3, -0.25) is 0 Å². The van der Waals surface area contributed by atoms with Crippen LogP contribution in [0.4, 0.5) is 0 Å². The molecule has 2 nitrogen and oxygen atoms in total. The molecule has 0 aliphatic heterocycles. The van der Waals surface area contributed by atoms with E-state index in [1.807, 2.05) is 24.3 Å². The Morgan fingerprint density at radius 3 is 2.42 bits per heavy atom. The van der Waals surface area contributed by atoms with Gasteiger partial charge in [-0.15, -0.1) is 0 Å². The minimum Gasteiger partial charge on any atom is -0.497 e. The maximum atomic E-state index is 6.01. The molecule has 0 atom stereocenters. The molecular formula is C22H27O2. The van der Waals surface area contributed by atoms with Gasteiger partial charge in [-0.1, -0.05) is 39.8 Å². The van der Waals surface area contributed by atoms with Gasteiger partial charge in [0.25, 0.3) is 0 Å². The Morgan fingerprint density at radius 1 is 1.00 bits per heavy atom. The molecule has 0 unspecified atom stereocenters. The summed E-state index contributed by atoms with van der Waals surface area (Å²) in [4.78, 5) is 0. The van der Waals surface area contributed by atoms with Crippen molar-refractivity contribution >= 4 is 0 Å². The lowest BCUT2D eigenvalue weighted by Crippen LogP contribution is -2.33. The van der Waals surface area contributed by atoms with Crippen LogP contribution in [0, 0.1) is 6.07 Å². The normalized spacial score (nSPS) is 17.9. The highest BCUT2D eigenvalue weighted by Crippen LogP contribution is 2.46. The maximum Gasteiger partial charge on any atom is 0.128 e. The fourth-order valence-corrected chi connectivity index (χ4v) is 3.49. The molecule has 3 rings (SSSR count). The van der Waals surface area contributed by atoms with Gasteiger partial charge in [0, 0.05) is 6.07 Å². The first-order valence-corrected chi connectivity index (χ1v) is 8.64. The summed E-state index contributed by atoms with van der Waals surface area (Å²) >= 11 is 0. The Hall–Kier alpha value is -1.96. The number of benzene rings is 2. The summed E-state index contributed by atoms with van der Waals surface area (Å²) in [5.74, 6) is 1.68.